The summed E-state index contributed by atoms with van der Waals surface area (Å²) in [6.07, 6.45) is 2.36. The maximum atomic E-state index is 13.7. The van der Waals surface area contributed by atoms with Crippen LogP contribution in [0.3, 0.4) is 0 Å². The minimum Gasteiger partial charge on any atom is -0.394 e. The Morgan fingerprint density at radius 3 is 2.81 bits per heavy atom. The van der Waals surface area contributed by atoms with Gasteiger partial charge in [-0.2, -0.15) is 0 Å². The van der Waals surface area contributed by atoms with E-state index in [1.165, 1.54) is 31.0 Å². The number of carbonyl (C=O) groups excluding carboxylic acids is 1. The number of carbonyl (C=O) groups is 1. The van der Waals surface area contributed by atoms with Gasteiger partial charge in [0.05, 0.1) is 18.8 Å². The second kappa shape index (κ2) is 6.54. The fourth-order valence-electron chi connectivity index (χ4n) is 1.87. The molecule has 0 unspecified atom stereocenters. The predicted octanol–water partition coefficient (Wildman–Crippen LogP) is 2.25. The van der Waals surface area contributed by atoms with Crippen LogP contribution in [0.1, 0.15) is 42.6 Å². The molecule has 0 heterocycles. The number of ether oxygens (including phenoxy) is 1. The third-order valence-corrected chi connectivity index (χ3v) is 3.46. The Kier molecular flexibility index (Phi) is 4.96. The van der Waals surface area contributed by atoms with Gasteiger partial charge in [-0.1, -0.05) is 0 Å². The molecule has 0 saturated heterocycles. The van der Waals surface area contributed by atoms with Gasteiger partial charge in [0.25, 0.3) is 5.91 Å². The number of hydrogen-bond donors (Lipinski definition) is 2. The first-order valence-corrected chi connectivity index (χ1v) is 7.21. The first-order valence-electron chi connectivity index (χ1n) is 7.21. The number of aliphatic hydroxyl groups is 1. The minimum absolute atomic E-state index is 0.169. The van der Waals surface area contributed by atoms with E-state index >= 15 is 0 Å². The number of amides is 1. The normalized spacial score (nSPS) is 15.0. The summed E-state index contributed by atoms with van der Waals surface area (Å²) in [7, 11) is 0. The lowest BCUT2D eigenvalue weighted by Gasteiger charge is -2.23. The molecule has 1 aliphatic carbocycles. The summed E-state index contributed by atoms with van der Waals surface area (Å²) >= 11 is 0. The lowest BCUT2D eigenvalue weighted by atomic mass is 10.0. The SMILES string of the molecule is CC(C)(CO)NC(=O)c1ccc(F)c(COCC2CC2)c1. The predicted molar refractivity (Wildman–Crippen MR) is 77.4 cm³/mol. The van der Waals surface area contributed by atoms with Crippen LogP contribution in [-0.2, 0) is 11.3 Å². The molecule has 0 bridgehead atoms. The van der Waals surface area contributed by atoms with E-state index in [-0.39, 0.29) is 24.9 Å². The third-order valence-electron chi connectivity index (χ3n) is 3.46. The van der Waals surface area contributed by atoms with Crippen LogP contribution in [0, 0.1) is 11.7 Å². The Bertz CT molecular complexity index is 512. The number of nitrogens with one attached hydrogen (secondary N) is 1. The fraction of sp³-hybridized carbons (Fsp3) is 0.562. The summed E-state index contributed by atoms with van der Waals surface area (Å²) in [4.78, 5) is 12.1. The molecular formula is C16H22FNO3. The van der Waals surface area contributed by atoms with E-state index in [1.807, 2.05) is 0 Å². The van der Waals surface area contributed by atoms with E-state index in [4.69, 9.17) is 9.84 Å². The van der Waals surface area contributed by atoms with E-state index in [0.717, 1.165) is 0 Å². The van der Waals surface area contributed by atoms with Gasteiger partial charge < -0.3 is 15.2 Å². The van der Waals surface area contributed by atoms with Gasteiger partial charge in [0, 0.05) is 17.7 Å². The molecule has 0 spiro atoms. The Labute approximate surface area is 124 Å². The summed E-state index contributed by atoms with van der Waals surface area (Å²) in [6, 6.07) is 4.21. The number of benzene rings is 1. The molecule has 21 heavy (non-hydrogen) atoms. The van der Waals surface area contributed by atoms with Gasteiger partial charge in [-0.15, -0.1) is 0 Å². The van der Waals surface area contributed by atoms with Crippen LogP contribution in [0.25, 0.3) is 0 Å². The number of halogens is 1. The molecule has 0 atom stereocenters. The second-order valence-corrected chi connectivity index (χ2v) is 6.26. The zero-order valence-corrected chi connectivity index (χ0v) is 12.5. The average Bonchev–Trinajstić information content (AvgIpc) is 3.24. The van der Waals surface area contributed by atoms with Crippen molar-refractivity contribution in [3.63, 3.8) is 0 Å². The van der Waals surface area contributed by atoms with Gasteiger partial charge in [-0.3, -0.25) is 4.79 Å². The van der Waals surface area contributed by atoms with Crippen molar-refractivity contribution in [3.05, 3.63) is 35.1 Å². The summed E-state index contributed by atoms with van der Waals surface area (Å²) in [5.74, 6) is -0.0915. The van der Waals surface area contributed by atoms with Crippen LogP contribution in [0.15, 0.2) is 18.2 Å². The molecule has 1 aromatic rings. The summed E-state index contributed by atoms with van der Waals surface area (Å²) in [6.45, 7) is 4.08. The van der Waals surface area contributed by atoms with E-state index in [0.29, 0.717) is 23.7 Å². The van der Waals surface area contributed by atoms with E-state index in [2.05, 4.69) is 5.32 Å². The van der Waals surface area contributed by atoms with Crippen molar-refractivity contribution in [1.29, 1.82) is 0 Å². The highest BCUT2D eigenvalue weighted by Crippen LogP contribution is 2.29. The standard InChI is InChI=1S/C16H22FNO3/c1-16(2,10-19)18-15(20)12-5-6-14(17)13(7-12)9-21-8-11-3-4-11/h5-7,11,19H,3-4,8-10H2,1-2H3,(H,18,20). The molecule has 2 rings (SSSR count). The van der Waals surface area contributed by atoms with Crippen LogP contribution in [0.4, 0.5) is 4.39 Å². The molecule has 1 amide bonds. The van der Waals surface area contributed by atoms with E-state index < -0.39 is 5.54 Å². The summed E-state index contributed by atoms with van der Waals surface area (Å²) < 4.78 is 19.2. The molecule has 4 nitrogen and oxygen atoms in total. The molecule has 5 heteroatoms. The van der Waals surface area contributed by atoms with Crippen molar-refractivity contribution in [3.8, 4) is 0 Å². The van der Waals surface area contributed by atoms with Crippen molar-refractivity contribution in [2.45, 2.75) is 38.8 Å². The number of rotatable bonds is 7. The van der Waals surface area contributed by atoms with Crippen molar-refractivity contribution < 1.29 is 19.0 Å². The van der Waals surface area contributed by atoms with Gasteiger partial charge >= 0.3 is 0 Å². The van der Waals surface area contributed by atoms with Gasteiger partial charge in [0.1, 0.15) is 5.82 Å². The summed E-state index contributed by atoms with van der Waals surface area (Å²) in [5, 5.41) is 11.9. The lowest BCUT2D eigenvalue weighted by Crippen LogP contribution is -2.46. The maximum Gasteiger partial charge on any atom is 0.251 e. The Morgan fingerprint density at radius 2 is 2.19 bits per heavy atom. The number of aliphatic hydroxyl groups excluding tert-OH is 1. The molecule has 116 valence electrons. The molecule has 2 N–H and O–H groups in total. The molecule has 0 aliphatic heterocycles. The Morgan fingerprint density at radius 1 is 1.48 bits per heavy atom. The highest BCUT2D eigenvalue weighted by Gasteiger charge is 2.22. The zero-order chi connectivity index (χ0) is 15.5. The van der Waals surface area contributed by atoms with Crippen LogP contribution in [0.5, 0.6) is 0 Å². The van der Waals surface area contributed by atoms with Crippen molar-refractivity contribution in [2.75, 3.05) is 13.2 Å². The van der Waals surface area contributed by atoms with Gasteiger partial charge in [0.15, 0.2) is 0 Å². The first-order chi connectivity index (χ1) is 9.91. The topological polar surface area (TPSA) is 58.6 Å². The molecule has 1 aromatic carbocycles. The average molecular weight is 295 g/mol. The lowest BCUT2D eigenvalue weighted by molar-refractivity contribution is 0.0868. The quantitative estimate of drug-likeness (QED) is 0.811. The smallest absolute Gasteiger partial charge is 0.251 e. The van der Waals surface area contributed by atoms with Crippen LogP contribution < -0.4 is 5.32 Å². The summed E-state index contributed by atoms with van der Waals surface area (Å²) in [5.41, 5.74) is 0.0294. The van der Waals surface area contributed by atoms with E-state index in [9.17, 15) is 9.18 Å². The number of hydrogen-bond acceptors (Lipinski definition) is 3. The minimum atomic E-state index is -0.714. The van der Waals surface area contributed by atoms with Gasteiger partial charge in [-0.25, -0.2) is 4.39 Å². The highest BCUT2D eigenvalue weighted by atomic mass is 19.1. The highest BCUT2D eigenvalue weighted by molar-refractivity contribution is 5.94. The van der Waals surface area contributed by atoms with Gasteiger partial charge in [0.2, 0.25) is 0 Å². The van der Waals surface area contributed by atoms with Crippen LogP contribution in [-0.4, -0.2) is 29.8 Å². The molecule has 1 saturated carbocycles. The van der Waals surface area contributed by atoms with Crippen molar-refractivity contribution in [2.24, 2.45) is 5.92 Å². The molecule has 0 aromatic heterocycles. The van der Waals surface area contributed by atoms with E-state index in [1.54, 1.807) is 13.8 Å². The fourth-order valence-corrected chi connectivity index (χ4v) is 1.87. The zero-order valence-electron chi connectivity index (χ0n) is 12.5. The largest absolute Gasteiger partial charge is 0.394 e. The third kappa shape index (κ3) is 4.79. The first kappa shape index (κ1) is 15.9. The van der Waals surface area contributed by atoms with Crippen molar-refractivity contribution in [1.82, 2.24) is 5.32 Å². The Balaban J connectivity index is 2.00. The maximum absolute atomic E-state index is 13.7. The second-order valence-electron chi connectivity index (χ2n) is 6.26. The van der Waals surface area contributed by atoms with Crippen LogP contribution in [0.2, 0.25) is 0 Å². The molecule has 1 aliphatic rings. The van der Waals surface area contributed by atoms with Gasteiger partial charge in [-0.05, 0) is 50.8 Å². The van der Waals surface area contributed by atoms with Crippen LogP contribution >= 0.6 is 0 Å². The molecular weight excluding hydrogens is 273 g/mol. The molecule has 1 fully saturated rings. The molecule has 0 radical (unpaired) electrons. The van der Waals surface area contributed by atoms with Crippen molar-refractivity contribution >= 4 is 5.91 Å². The monoisotopic (exact) mass is 295 g/mol. The Hall–Kier alpha value is -1.46.